The molecular formula is C25H23N3O3S. The van der Waals surface area contributed by atoms with E-state index in [1.807, 2.05) is 43.5 Å². The summed E-state index contributed by atoms with van der Waals surface area (Å²) in [7, 11) is 1.59. The van der Waals surface area contributed by atoms with Gasteiger partial charge in [0.15, 0.2) is 0 Å². The van der Waals surface area contributed by atoms with E-state index in [2.05, 4.69) is 10.4 Å². The van der Waals surface area contributed by atoms with Crippen LogP contribution in [0.3, 0.4) is 0 Å². The number of anilines is 1. The lowest BCUT2D eigenvalue weighted by atomic mass is 10.0. The van der Waals surface area contributed by atoms with Gasteiger partial charge in [0.1, 0.15) is 17.3 Å². The van der Waals surface area contributed by atoms with Crippen LogP contribution < -0.4 is 15.5 Å². The maximum absolute atomic E-state index is 13.3. The molecule has 4 rings (SSSR count). The van der Waals surface area contributed by atoms with Crippen LogP contribution >= 0.6 is 11.3 Å². The molecule has 2 aromatic heterocycles. The number of ether oxygens (including phenoxy) is 1. The van der Waals surface area contributed by atoms with Gasteiger partial charge in [-0.15, -0.1) is 11.3 Å². The Morgan fingerprint density at radius 3 is 2.41 bits per heavy atom. The fourth-order valence-corrected chi connectivity index (χ4v) is 4.02. The number of rotatable bonds is 5. The number of thiophene rings is 1. The molecule has 0 aliphatic heterocycles. The largest absolute Gasteiger partial charge is 0.497 e. The Balaban J connectivity index is 1.98. The van der Waals surface area contributed by atoms with Crippen molar-refractivity contribution < 1.29 is 9.53 Å². The van der Waals surface area contributed by atoms with Crippen LogP contribution in [0.25, 0.3) is 16.8 Å². The van der Waals surface area contributed by atoms with Crippen molar-refractivity contribution in [3.05, 3.63) is 91.9 Å². The number of methoxy groups -OCH3 is 1. The third kappa shape index (κ3) is 4.07. The Morgan fingerprint density at radius 1 is 1.03 bits per heavy atom. The van der Waals surface area contributed by atoms with Gasteiger partial charge in [0, 0.05) is 0 Å². The molecular weight excluding hydrogens is 422 g/mol. The van der Waals surface area contributed by atoms with Crippen LogP contribution in [0.1, 0.15) is 26.5 Å². The summed E-state index contributed by atoms with van der Waals surface area (Å²) < 4.78 is 6.89. The summed E-state index contributed by atoms with van der Waals surface area (Å²) in [5, 5.41) is 9.32. The van der Waals surface area contributed by atoms with Crippen LogP contribution in [0.5, 0.6) is 5.75 Å². The smallest absolute Gasteiger partial charge is 0.266 e. The second kappa shape index (κ2) is 8.80. The molecule has 0 saturated heterocycles. The first-order valence-electron chi connectivity index (χ1n) is 10.1. The molecule has 1 amide bonds. The average molecular weight is 446 g/mol. The standard InChI is InChI=1S/C25H23N3O3S/c1-15-7-10-19(14-16(15)2)28-24(26-25(30)21-6-5-13-32-21)22(23(29)17(3)27-28)18-8-11-20(31-4)12-9-18/h5-14H,1-4H3,(H,26,30). The van der Waals surface area contributed by atoms with E-state index in [4.69, 9.17) is 4.74 Å². The molecule has 32 heavy (non-hydrogen) atoms. The first-order chi connectivity index (χ1) is 15.4. The molecule has 7 heteroatoms. The number of aromatic nitrogens is 2. The first-order valence-corrected chi connectivity index (χ1v) is 11.0. The molecule has 6 nitrogen and oxygen atoms in total. The SMILES string of the molecule is COc1ccc(-c2c(NC(=O)c3cccs3)n(-c3ccc(C)c(C)c3)nc(C)c2=O)cc1. The molecule has 162 valence electrons. The highest BCUT2D eigenvalue weighted by Crippen LogP contribution is 2.29. The van der Waals surface area contributed by atoms with E-state index < -0.39 is 0 Å². The lowest BCUT2D eigenvalue weighted by Gasteiger charge is -2.19. The topological polar surface area (TPSA) is 73.2 Å². The maximum atomic E-state index is 13.3. The Kier molecular flexibility index (Phi) is 5.92. The van der Waals surface area contributed by atoms with Gasteiger partial charge in [0.05, 0.1) is 23.2 Å². The lowest BCUT2D eigenvalue weighted by Crippen LogP contribution is -2.24. The molecule has 2 aromatic carbocycles. The minimum atomic E-state index is -0.294. The lowest BCUT2D eigenvalue weighted by molar-refractivity contribution is 0.102. The van der Waals surface area contributed by atoms with Gasteiger partial charge in [-0.05, 0) is 73.2 Å². The summed E-state index contributed by atoms with van der Waals surface area (Å²) in [4.78, 5) is 26.8. The zero-order valence-corrected chi connectivity index (χ0v) is 19.1. The third-order valence-electron chi connectivity index (χ3n) is 5.34. The molecule has 0 atom stereocenters. The first kappa shape index (κ1) is 21.5. The third-order valence-corrected chi connectivity index (χ3v) is 6.21. The van der Waals surface area contributed by atoms with Crippen molar-refractivity contribution in [2.75, 3.05) is 12.4 Å². The van der Waals surface area contributed by atoms with Crippen LogP contribution in [0, 0.1) is 20.8 Å². The van der Waals surface area contributed by atoms with Crippen LogP contribution in [-0.2, 0) is 0 Å². The van der Waals surface area contributed by atoms with Crippen molar-refractivity contribution in [1.29, 1.82) is 0 Å². The van der Waals surface area contributed by atoms with Gasteiger partial charge in [-0.1, -0.05) is 24.3 Å². The number of carbonyl (C=O) groups excluding carboxylic acids is 1. The molecule has 1 N–H and O–H groups in total. The zero-order chi connectivity index (χ0) is 22.8. The second-order valence-electron chi connectivity index (χ2n) is 7.48. The summed E-state index contributed by atoms with van der Waals surface area (Å²) in [5.74, 6) is 0.711. The van der Waals surface area contributed by atoms with Gasteiger partial charge in [0.25, 0.3) is 5.91 Å². The minimum absolute atomic E-state index is 0.239. The molecule has 4 aromatic rings. The Labute approximate surface area is 190 Å². The van der Waals surface area contributed by atoms with Crippen LogP contribution in [-0.4, -0.2) is 22.8 Å². The zero-order valence-electron chi connectivity index (χ0n) is 18.3. The van der Waals surface area contributed by atoms with Crippen LogP contribution in [0.2, 0.25) is 0 Å². The number of nitrogens with one attached hydrogen (secondary N) is 1. The van der Waals surface area contributed by atoms with Crippen LogP contribution in [0.15, 0.2) is 64.8 Å². The number of nitrogens with zero attached hydrogens (tertiary/aromatic N) is 2. The Morgan fingerprint density at radius 2 is 1.78 bits per heavy atom. The van der Waals surface area contributed by atoms with E-state index in [9.17, 15) is 9.59 Å². The molecule has 0 fully saturated rings. The Hall–Kier alpha value is -3.71. The fourth-order valence-electron chi connectivity index (χ4n) is 3.40. The predicted molar refractivity (Wildman–Crippen MR) is 128 cm³/mol. The van der Waals surface area contributed by atoms with Gasteiger partial charge in [-0.25, -0.2) is 4.68 Å². The summed E-state index contributed by atoms with van der Waals surface area (Å²) in [6.45, 7) is 5.73. The van der Waals surface area contributed by atoms with Crippen molar-refractivity contribution in [1.82, 2.24) is 9.78 Å². The summed E-state index contributed by atoms with van der Waals surface area (Å²) in [6.07, 6.45) is 0. The van der Waals surface area contributed by atoms with E-state index >= 15 is 0 Å². The summed E-state index contributed by atoms with van der Waals surface area (Å²) in [6, 6.07) is 16.7. The molecule has 0 aliphatic carbocycles. The van der Waals surface area contributed by atoms with Crippen molar-refractivity contribution in [3.8, 4) is 22.6 Å². The van der Waals surface area contributed by atoms with E-state index in [-0.39, 0.29) is 11.3 Å². The normalized spacial score (nSPS) is 10.8. The summed E-state index contributed by atoms with van der Waals surface area (Å²) >= 11 is 1.33. The predicted octanol–water partition coefficient (Wildman–Crippen LogP) is 5.15. The minimum Gasteiger partial charge on any atom is -0.497 e. The van der Waals surface area contributed by atoms with E-state index in [1.165, 1.54) is 11.3 Å². The molecule has 2 heterocycles. The number of benzene rings is 2. The molecule has 0 saturated carbocycles. The molecule has 0 radical (unpaired) electrons. The van der Waals surface area contributed by atoms with Crippen molar-refractivity contribution >= 4 is 23.1 Å². The number of hydrogen-bond acceptors (Lipinski definition) is 5. The summed E-state index contributed by atoms with van der Waals surface area (Å²) in [5.41, 5.74) is 4.13. The fraction of sp³-hybridized carbons (Fsp3) is 0.160. The van der Waals surface area contributed by atoms with Gasteiger partial charge in [-0.3, -0.25) is 9.59 Å². The van der Waals surface area contributed by atoms with Gasteiger partial charge in [0.2, 0.25) is 5.43 Å². The van der Waals surface area contributed by atoms with Crippen molar-refractivity contribution in [3.63, 3.8) is 0 Å². The molecule has 0 unspecified atom stereocenters. The highest BCUT2D eigenvalue weighted by atomic mass is 32.1. The van der Waals surface area contributed by atoms with E-state index in [0.29, 0.717) is 33.3 Å². The number of carbonyl (C=O) groups is 1. The second-order valence-corrected chi connectivity index (χ2v) is 8.43. The highest BCUT2D eigenvalue weighted by molar-refractivity contribution is 7.12. The quantitative estimate of drug-likeness (QED) is 0.461. The number of aryl methyl sites for hydroxylation is 3. The maximum Gasteiger partial charge on any atom is 0.266 e. The van der Waals surface area contributed by atoms with Gasteiger partial charge >= 0.3 is 0 Å². The Bertz CT molecular complexity index is 1340. The van der Waals surface area contributed by atoms with Gasteiger partial charge in [-0.2, -0.15) is 5.10 Å². The monoisotopic (exact) mass is 445 g/mol. The number of hydrogen-bond donors (Lipinski definition) is 1. The average Bonchev–Trinajstić information content (AvgIpc) is 3.34. The molecule has 0 aliphatic rings. The molecule has 0 bridgehead atoms. The van der Waals surface area contributed by atoms with E-state index in [1.54, 1.807) is 49.0 Å². The van der Waals surface area contributed by atoms with Crippen molar-refractivity contribution in [2.24, 2.45) is 0 Å². The van der Waals surface area contributed by atoms with E-state index in [0.717, 1.165) is 16.8 Å². The van der Waals surface area contributed by atoms with Crippen molar-refractivity contribution in [2.45, 2.75) is 20.8 Å². The number of amides is 1. The van der Waals surface area contributed by atoms with Crippen LogP contribution in [0.4, 0.5) is 5.82 Å². The molecule has 0 spiro atoms. The van der Waals surface area contributed by atoms with Gasteiger partial charge < -0.3 is 10.1 Å². The highest BCUT2D eigenvalue weighted by Gasteiger charge is 2.21.